The topological polar surface area (TPSA) is 156 Å². The Bertz CT molecular complexity index is 2410. The fourth-order valence-electron chi connectivity index (χ4n) is 9.58. The van der Waals surface area contributed by atoms with Gasteiger partial charge in [0.2, 0.25) is 21.7 Å². The Kier molecular flexibility index (Phi) is 15.3. The maximum absolute atomic E-state index is 14.9. The lowest BCUT2D eigenvalue weighted by Gasteiger charge is -2.59. The molecule has 0 radical (unpaired) electrons. The fraction of sp³-hybridized carbons (Fsp3) is 0.400. The molecule has 4 aromatic carbocycles. The molecule has 6 atom stereocenters. The van der Waals surface area contributed by atoms with Gasteiger partial charge < -0.3 is 34.6 Å². The molecule has 12 nitrogen and oxygen atoms in total. The first kappa shape index (κ1) is 46.6. The van der Waals surface area contributed by atoms with E-state index in [0.29, 0.717) is 47.7 Å². The number of benzene rings is 4. The van der Waals surface area contributed by atoms with E-state index in [1.54, 1.807) is 42.5 Å². The van der Waals surface area contributed by atoms with E-state index < -0.39 is 27.8 Å². The molecule has 0 saturated heterocycles. The number of hydrogen-bond acceptors (Lipinski definition) is 10. The average molecular weight is 896 g/mol. The van der Waals surface area contributed by atoms with Gasteiger partial charge in [-0.3, -0.25) is 4.79 Å². The van der Waals surface area contributed by atoms with Crippen molar-refractivity contribution in [1.82, 2.24) is 4.31 Å². The molecule has 1 aliphatic heterocycles. The number of aliphatic hydroxyl groups excluding tert-OH is 2. The Morgan fingerprint density at radius 1 is 0.969 bits per heavy atom. The SMILES string of the molecule is C=CCO[C@@]12Oc3ccc(OCc4ccccc4F)cc3[C@H]3[C@H](CCCCO)[C@@H](CCCCO)C=C(C(=NOCc4ccccc4)C[C@@H]1N(C)S(=O)(=O)c1ccc(NC(C)=O)cc1)[C@H]32. The third kappa shape index (κ3) is 10.1. The van der Waals surface area contributed by atoms with Crippen LogP contribution in [0.25, 0.3) is 0 Å². The van der Waals surface area contributed by atoms with Gasteiger partial charge >= 0.3 is 0 Å². The zero-order valence-electron chi connectivity index (χ0n) is 36.4. The third-order valence-electron chi connectivity index (χ3n) is 12.5. The second kappa shape index (κ2) is 21.1. The number of allylic oxidation sites excluding steroid dienone is 1. The molecule has 14 heteroatoms. The van der Waals surface area contributed by atoms with Gasteiger partial charge in [-0.15, -0.1) is 6.58 Å². The Hall–Kier alpha value is -5.38. The summed E-state index contributed by atoms with van der Waals surface area (Å²) in [6.45, 7) is 5.63. The van der Waals surface area contributed by atoms with Gasteiger partial charge in [0.25, 0.3) is 0 Å². The van der Waals surface area contributed by atoms with Gasteiger partial charge in [0.15, 0.2) is 0 Å². The van der Waals surface area contributed by atoms with E-state index in [4.69, 9.17) is 24.2 Å². The van der Waals surface area contributed by atoms with E-state index in [1.807, 2.05) is 42.5 Å². The predicted octanol–water partition coefficient (Wildman–Crippen LogP) is 8.52. The number of anilines is 1. The van der Waals surface area contributed by atoms with Crippen LogP contribution in [0, 0.1) is 23.6 Å². The number of likely N-dealkylation sites (N-methyl/N-ethyl adjacent to an activating group) is 1. The van der Waals surface area contributed by atoms with Crippen LogP contribution in [0.15, 0.2) is 131 Å². The second-order valence-corrected chi connectivity index (χ2v) is 18.6. The number of amides is 1. The Morgan fingerprint density at radius 2 is 1.69 bits per heavy atom. The molecule has 3 aliphatic rings. The first-order chi connectivity index (χ1) is 31.0. The number of halogens is 1. The van der Waals surface area contributed by atoms with Crippen LogP contribution < -0.4 is 14.8 Å². The standard InChI is InChI=1S/C50H58FN3O9S/c1-4-28-61-50-47(54(3)64(58,59)40-23-20-38(21-24-40)52-34(2)57)31-45(53-62-32-35-14-6-5-7-15-35)42-29-36(16-10-12-26-55)41(18-11-13-27-56)48(49(42)50)43-30-39(22-25-46(43)63-50)60-33-37-17-8-9-19-44(37)51/h4-9,14-15,17,19-25,29-30,36,41,47-49,55-56H,1,10-13,16,18,26-28,31-33H2,2-3H3,(H,52,57)/t36-,41+,47-,48+,49+,50+/m0/s1. The summed E-state index contributed by atoms with van der Waals surface area (Å²) in [6.07, 6.45) is 8.05. The van der Waals surface area contributed by atoms with E-state index in [1.165, 1.54) is 36.5 Å². The molecule has 4 aromatic rings. The van der Waals surface area contributed by atoms with E-state index in [-0.39, 0.29) is 73.8 Å². The zero-order valence-corrected chi connectivity index (χ0v) is 37.2. The van der Waals surface area contributed by atoms with Crippen LogP contribution in [-0.4, -0.2) is 73.3 Å². The number of carbonyl (C=O) groups is 1. The van der Waals surface area contributed by atoms with Gasteiger partial charge in [-0.05, 0) is 97.2 Å². The second-order valence-electron chi connectivity index (χ2n) is 16.6. The lowest BCUT2D eigenvalue weighted by Crippen LogP contribution is -2.69. The summed E-state index contributed by atoms with van der Waals surface area (Å²) in [6, 6.07) is 26.6. The summed E-state index contributed by atoms with van der Waals surface area (Å²) in [4.78, 5) is 17.9. The molecule has 64 heavy (non-hydrogen) atoms. The molecule has 0 unspecified atom stereocenters. The van der Waals surface area contributed by atoms with E-state index in [0.717, 1.165) is 36.0 Å². The first-order valence-electron chi connectivity index (χ1n) is 22.0. The number of hydrogen-bond donors (Lipinski definition) is 3. The number of sulfonamides is 1. The fourth-order valence-corrected chi connectivity index (χ4v) is 10.9. The van der Waals surface area contributed by atoms with Crippen molar-refractivity contribution in [3.05, 3.63) is 144 Å². The van der Waals surface area contributed by atoms with Crippen LogP contribution in [0.2, 0.25) is 0 Å². The lowest BCUT2D eigenvalue weighted by molar-refractivity contribution is -0.250. The molecule has 0 spiro atoms. The Balaban J connectivity index is 1.41. The minimum absolute atomic E-state index is 0.00185. The molecular formula is C50H58FN3O9S. The summed E-state index contributed by atoms with van der Waals surface area (Å²) < 4.78 is 66.3. The molecule has 1 heterocycles. The van der Waals surface area contributed by atoms with Crippen LogP contribution in [0.3, 0.4) is 0 Å². The van der Waals surface area contributed by atoms with Crippen LogP contribution in [0.1, 0.15) is 74.5 Å². The first-order valence-corrected chi connectivity index (χ1v) is 23.4. The lowest BCUT2D eigenvalue weighted by atomic mass is 9.55. The van der Waals surface area contributed by atoms with Crippen molar-refractivity contribution in [2.45, 2.75) is 87.7 Å². The largest absolute Gasteiger partial charge is 0.489 e. The van der Waals surface area contributed by atoms with E-state index in [9.17, 15) is 27.8 Å². The molecule has 7 rings (SSSR count). The van der Waals surface area contributed by atoms with Crippen molar-refractivity contribution < 1.29 is 46.9 Å². The summed E-state index contributed by atoms with van der Waals surface area (Å²) in [7, 11) is -2.75. The Labute approximate surface area is 375 Å². The van der Waals surface area contributed by atoms with E-state index in [2.05, 4.69) is 18.0 Å². The molecule has 1 amide bonds. The molecule has 0 aromatic heterocycles. The quantitative estimate of drug-likeness (QED) is 0.0424. The number of ether oxygens (including phenoxy) is 3. The van der Waals surface area contributed by atoms with Crippen LogP contribution in [-0.2, 0) is 37.6 Å². The summed E-state index contributed by atoms with van der Waals surface area (Å²) >= 11 is 0. The van der Waals surface area contributed by atoms with Crippen molar-refractivity contribution in [1.29, 1.82) is 0 Å². The monoisotopic (exact) mass is 895 g/mol. The maximum Gasteiger partial charge on any atom is 0.243 e. The van der Waals surface area contributed by atoms with Crippen LogP contribution >= 0.6 is 0 Å². The highest BCUT2D eigenvalue weighted by Gasteiger charge is 2.65. The maximum atomic E-state index is 14.9. The highest BCUT2D eigenvalue weighted by Crippen LogP contribution is 2.62. The molecule has 1 saturated carbocycles. The van der Waals surface area contributed by atoms with Gasteiger partial charge in [0.1, 0.15) is 30.5 Å². The van der Waals surface area contributed by atoms with Gasteiger partial charge in [0, 0.05) is 56.3 Å². The van der Waals surface area contributed by atoms with Gasteiger partial charge in [-0.25, -0.2) is 12.8 Å². The molecular weight excluding hydrogens is 838 g/mol. The van der Waals surface area contributed by atoms with Crippen molar-refractivity contribution in [3.8, 4) is 11.5 Å². The average Bonchev–Trinajstić information content (AvgIpc) is 3.29. The zero-order chi connectivity index (χ0) is 45.3. The number of carbonyl (C=O) groups excluding carboxylic acids is 1. The Morgan fingerprint density at radius 3 is 2.39 bits per heavy atom. The summed E-state index contributed by atoms with van der Waals surface area (Å²) in [5.41, 5.74) is 3.96. The van der Waals surface area contributed by atoms with Crippen molar-refractivity contribution in [2.75, 3.05) is 32.2 Å². The molecule has 3 N–H and O–H groups in total. The number of fused-ring (bicyclic) bond motifs is 2. The summed E-state index contributed by atoms with van der Waals surface area (Å²) in [5, 5.41) is 27.4. The normalized spacial score (nSPS) is 23.1. The van der Waals surface area contributed by atoms with Crippen molar-refractivity contribution >= 4 is 27.3 Å². The minimum Gasteiger partial charge on any atom is -0.489 e. The van der Waals surface area contributed by atoms with Gasteiger partial charge in [-0.1, -0.05) is 78.7 Å². The minimum atomic E-state index is -4.27. The molecule has 1 fully saturated rings. The molecule has 2 aliphatic carbocycles. The van der Waals surface area contributed by atoms with Crippen molar-refractivity contribution in [3.63, 3.8) is 0 Å². The third-order valence-corrected chi connectivity index (χ3v) is 14.4. The van der Waals surface area contributed by atoms with E-state index >= 15 is 0 Å². The predicted molar refractivity (Wildman–Crippen MR) is 243 cm³/mol. The van der Waals surface area contributed by atoms with Crippen LogP contribution in [0.4, 0.5) is 10.1 Å². The smallest absolute Gasteiger partial charge is 0.243 e. The number of unbranched alkanes of at least 4 members (excludes halogenated alkanes) is 2. The molecule has 0 bridgehead atoms. The van der Waals surface area contributed by atoms with Crippen molar-refractivity contribution in [2.24, 2.45) is 22.9 Å². The van der Waals surface area contributed by atoms with Crippen LogP contribution in [0.5, 0.6) is 11.5 Å². The molecule has 340 valence electrons. The number of nitrogens with one attached hydrogen (secondary N) is 1. The number of nitrogens with zero attached hydrogens (tertiary/aromatic N) is 2. The van der Waals surface area contributed by atoms with Gasteiger partial charge in [-0.2, -0.15) is 4.31 Å². The number of aliphatic hydroxyl groups is 2. The summed E-state index contributed by atoms with van der Waals surface area (Å²) in [5.74, 6) is -2.39. The van der Waals surface area contributed by atoms with Gasteiger partial charge in [0.05, 0.1) is 29.2 Å². The highest BCUT2D eigenvalue weighted by molar-refractivity contribution is 7.89. The number of oxime groups is 1. The number of rotatable bonds is 21. The highest BCUT2D eigenvalue weighted by atomic mass is 32.2.